The van der Waals surface area contributed by atoms with Gasteiger partial charge in [0.15, 0.2) is 0 Å². The zero-order valence-corrected chi connectivity index (χ0v) is 18.6. The summed E-state index contributed by atoms with van der Waals surface area (Å²) >= 11 is 0. The maximum atomic E-state index is 12.9. The molecule has 0 aliphatic carbocycles. The number of nitrogens with zero attached hydrogens (tertiary/aromatic N) is 4. The molecule has 1 aromatic heterocycles. The quantitative estimate of drug-likeness (QED) is 0.636. The van der Waals surface area contributed by atoms with Crippen molar-refractivity contribution >= 4 is 11.8 Å². The molecule has 0 saturated carbocycles. The van der Waals surface area contributed by atoms with Gasteiger partial charge in [0.25, 0.3) is 0 Å². The SMILES string of the molecule is CN1CCN(C(=O)CCC2CNC(=O)C3C(CCN3Cc3ccc(CO)o3)N2C)CC1. The van der Waals surface area contributed by atoms with Crippen molar-refractivity contribution in [3.05, 3.63) is 23.7 Å². The first kappa shape index (κ1) is 22.3. The predicted molar refractivity (Wildman–Crippen MR) is 115 cm³/mol. The summed E-state index contributed by atoms with van der Waals surface area (Å²) in [6.45, 7) is 5.28. The van der Waals surface area contributed by atoms with E-state index in [4.69, 9.17) is 4.42 Å². The maximum Gasteiger partial charge on any atom is 0.239 e. The lowest BCUT2D eigenvalue weighted by Crippen LogP contribution is -2.50. The zero-order chi connectivity index (χ0) is 22.0. The van der Waals surface area contributed by atoms with E-state index in [9.17, 15) is 14.7 Å². The van der Waals surface area contributed by atoms with Crippen molar-refractivity contribution in [3.63, 3.8) is 0 Å². The number of carbonyl (C=O) groups is 2. The number of piperazine rings is 1. The Bertz CT molecular complexity index is 776. The summed E-state index contributed by atoms with van der Waals surface area (Å²) in [6.07, 6.45) is 2.18. The summed E-state index contributed by atoms with van der Waals surface area (Å²) in [5.74, 6) is 1.58. The summed E-state index contributed by atoms with van der Waals surface area (Å²) in [7, 11) is 4.17. The van der Waals surface area contributed by atoms with Crippen molar-refractivity contribution < 1.29 is 19.1 Å². The molecule has 4 rings (SSSR count). The zero-order valence-electron chi connectivity index (χ0n) is 18.6. The molecule has 3 aliphatic rings. The van der Waals surface area contributed by atoms with E-state index in [1.165, 1.54) is 0 Å². The van der Waals surface area contributed by atoms with Crippen LogP contribution in [0.5, 0.6) is 0 Å². The number of furan rings is 1. The van der Waals surface area contributed by atoms with Crippen molar-refractivity contribution in [1.82, 2.24) is 24.9 Å². The van der Waals surface area contributed by atoms with Crippen LogP contribution in [-0.4, -0.2) is 108 Å². The van der Waals surface area contributed by atoms with E-state index >= 15 is 0 Å². The van der Waals surface area contributed by atoms with Gasteiger partial charge in [-0.15, -0.1) is 0 Å². The second-order valence-electron chi connectivity index (χ2n) is 9.08. The fourth-order valence-corrected chi connectivity index (χ4v) is 5.12. The number of hydrogen-bond acceptors (Lipinski definition) is 7. The Morgan fingerprint density at radius 1 is 1.16 bits per heavy atom. The van der Waals surface area contributed by atoms with Crippen molar-refractivity contribution in [1.29, 1.82) is 0 Å². The van der Waals surface area contributed by atoms with Crippen LogP contribution in [0.2, 0.25) is 0 Å². The van der Waals surface area contributed by atoms with Gasteiger partial charge in [0.05, 0.1) is 6.54 Å². The fourth-order valence-electron chi connectivity index (χ4n) is 5.12. The average Bonchev–Trinajstić information content (AvgIpc) is 3.38. The number of aliphatic hydroxyl groups excluding tert-OH is 1. The van der Waals surface area contributed by atoms with Gasteiger partial charge in [-0.2, -0.15) is 0 Å². The highest BCUT2D eigenvalue weighted by molar-refractivity contribution is 5.83. The van der Waals surface area contributed by atoms with Crippen molar-refractivity contribution in [2.45, 2.75) is 50.5 Å². The monoisotopic (exact) mass is 433 g/mol. The molecule has 3 unspecified atom stereocenters. The summed E-state index contributed by atoms with van der Waals surface area (Å²) in [4.78, 5) is 34.3. The van der Waals surface area contributed by atoms with Gasteiger partial charge in [0.1, 0.15) is 24.2 Å². The Hall–Kier alpha value is -1.94. The number of likely N-dealkylation sites (N-methyl/N-ethyl adjacent to an activating group) is 2. The molecule has 2 N–H and O–H groups in total. The predicted octanol–water partition coefficient (Wildman–Crippen LogP) is -0.301. The van der Waals surface area contributed by atoms with Crippen LogP contribution >= 0.6 is 0 Å². The molecule has 31 heavy (non-hydrogen) atoms. The number of fused-ring (bicyclic) bond motifs is 1. The first-order valence-corrected chi connectivity index (χ1v) is 11.3. The lowest BCUT2D eigenvalue weighted by atomic mass is 10.0. The molecule has 9 nitrogen and oxygen atoms in total. The Morgan fingerprint density at radius 2 is 1.90 bits per heavy atom. The van der Waals surface area contributed by atoms with E-state index in [1.54, 1.807) is 6.07 Å². The molecule has 172 valence electrons. The van der Waals surface area contributed by atoms with Gasteiger partial charge in [-0.25, -0.2) is 0 Å². The normalized spacial score (nSPS) is 28.4. The van der Waals surface area contributed by atoms with Crippen molar-refractivity contribution in [2.75, 3.05) is 53.4 Å². The number of aliphatic hydroxyl groups is 1. The van der Waals surface area contributed by atoms with Gasteiger partial charge < -0.3 is 24.6 Å². The van der Waals surface area contributed by atoms with Crippen molar-refractivity contribution in [2.24, 2.45) is 0 Å². The van der Waals surface area contributed by atoms with E-state index in [0.29, 0.717) is 25.3 Å². The lowest BCUT2D eigenvalue weighted by Gasteiger charge is -2.34. The Kier molecular flexibility index (Phi) is 6.95. The Balaban J connectivity index is 1.35. The van der Waals surface area contributed by atoms with E-state index in [2.05, 4.69) is 34.1 Å². The molecule has 3 aliphatic heterocycles. The molecule has 4 heterocycles. The van der Waals surface area contributed by atoms with Crippen LogP contribution < -0.4 is 5.32 Å². The van der Waals surface area contributed by atoms with Gasteiger partial charge in [-0.3, -0.25) is 19.4 Å². The molecule has 3 saturated heterocycles. The molecule has 0 bridgehead atoms. The number of rotatable bonds is 6. The molecule has 3 atom stereocenters. The van der Waals surface area contributed by atoms with Gasteiger partial charge in [0.2, 0.25) is 11.8 Å². The van der Waals surface area contributed by atoms with Gasteiger partial charge in [-0.05, 0) is 39.1 Å². The number of carbonyl (C=O) groups excluding carboxylic acids is 2. The van der Waals surface area contributed by atoms with Crippen LogP contribution in [0.15, 0.2) is 16.5 Å². The highest BCUT2D eigenvalue weighted by atomic mass is 16.4. The number of likely N-dealkylation sites (tertiary alicyclic amines) is 1. The molecule has 0 radical (unpaired) electrons. The summed E-state index contributed by atoms with van der Waals surface area (Å²) < 4.78 is 5.64. The Labute approximate surface area is 183 Å². The third-order valence-electron chi connectivity index (χ3n) is 7.13. The van der Waals surface area contributed by atoms with Crippen LogP contribution in [0.4, 0.5) is 0 Å². The number of hydrogen-bond donors (Lipinski definition) is 2. The van der Waals surface area contributed by atoms with Gasteiger partial charge in [-0.1, -0.05) is 0 Å². The molecule has 0 aromatic carbocycles. The van der Waals surface area contributed by atoms with Crippen LogP contribution in [0.1, 0.15) is 30.8 Å². The minimum atomic E-state index is -0.231. The largest absolute Gasteiger partial charge is 0.462 e. The van der Waals surface area contributed by atoms with Gasteiger partial charge >= 0.3 is 0 Å². The number of amides is 2. The second-order valence-corrected chi connectivity index (χ2v) is 9.08. The maximum absolute atomic E-state index is 12.9. The molecular formula is C22H35N5O4. The molecule has 2 amide bonds. The lowest BCUT2D eigenvalue weighted by molar-refractivity contribution is -0.133. The Morgan fingerprint density at radius 3 is 2.61 bits per heavy atom. The van der Waals surface area contributed by atoms with Crippen molar-refractivity contribution in [3.8, 4) is 0 Å². The fraction of sp³-hybridized carbons (Fsp3) is 0.727. The minimum Gasteiger partial charge on any atom is -0.462 e. The molecule has 9 heteroatoms. The molecule has 3 fully saturated rings. The highest BCUT2D eigenvalue weighted by Gasteiger charge is 2.45. The smallest absolute Gasteiger partial charge is 0.239 e. The highest BCUT2D eigenvalue weighted by Crippen LogP contribution is 2.29. The average molecular weight is 434 g/mol. The summed E-state index contributed by atoms with van der Waals surface area (Å²) in [5, 5.41) is 12.3. The van der Waals surface area contributed by atoms with Crippen LogP contribution in [0.25, 0.3) is 0 Å². The molecule has 0 spiro atoms. The van der Waals surface area contributed by atoms with Crippen LogP contribution in [-0.2, 0) is 22.7 Å². The topological polar surface area (TPSA) is 92.5 Å². The molecular weight excluding hydrogens is 398 g/mol. The minimum absolute atomic E-state index is 0.0520. The van der Waals surface area contributed by atoms with E-state index in [1.807, 2.05) is 11.0 Å². The summed E-state index contributed by atoms with van der Waals surface area (Å²) in [6, 6.07) is 3.68. The van der Waals surface area contributed by atoms with Gasteiger partial charge in [0, 0.05) is 57.8 Å². The second kappa shape index (κ2) is 9.68. The van der Waals surface area contributed by atoms with E-state index in [0.717, 1.165) is 51.3 Å². The summed E-state index contributed by atoms with van der Waals surface area (Å²) in [5.41, 5.74) is 0. The first-order chi connectivity index (χ1) is 15.0. The van der Waals surface area contributed by atoms with Crippen LogP contribution in [0, 0.1) is 0 Å². The first-order valence-electron chi connectivity index (χ1n) is 11.3. The standard InChI is InChI=1S/C22H35N5O4/c1-24-9-11-26(12-10-24)20(29)6-3-16-13-23-22(30)21-19(25(16)2)7-8-27(21)14-17-4-5-18(15-28)31-17/h4-5,16,19,21,28H,3,6-15H2,1-2H3,(H,23,30). The van der Waals surface area contributed by atoms with Crippen LogP contribution in [0.3, 0.4) is 0 Å². The third kappa shape index (κ3) is 4.95. The number of nitrogens with one attached hydrogen (secondary N) is 1. The third-order valence-corrected chi connectivity index (χ3v) is 7.13. The van der Waals surface area contributed by atoms with E-state index in [-0.39, 0.29) is 36.5 Å². The van der Waals surface area contributed by atoms with E-state index < -0.39 is 0 Å². The molecule has 1 aromatic rings.